The number of carbonyl (C=O) groups excluding carboxylic acids is 2. The summed E-state index contributed by atoms with van der Waals surface area (Å²) in [6.45, 7) is 5.39. The third-order valence-electron chi connectivity index (χ3n) is 3.35. The Labute approximate surface area is 170 Å². The Hall–Kier alpha value is -2.51. The number of rotatable bonds is 7. The summed E-state index contributed by atoms with van der Waals surface area (Å²) in [4.78, 5) is 24.5. The minimum atomic E-state index is -0.852. The van der Waals surface area contributed by atoms with Crippen LogP contribution >= 0.6 is 27.5 Å². The van der Waals surface area contributed by atoms with E-state index in [9.17, 15) is 9.59 Å². The first kappa shape index (κ1) is 20.8. The number of para-hydroxylation sites is 1. The number of benzene rings is 2. The van der Waals surface area contributed by atoms with Crippen molar-refractivity contribution in [1.82, 2.24) is 10.9 Å². The predicted molar refractivity (Wildman–Crippen MR) is 107 cm³/mol. The summed E-state index contributed by atoms with van der Waals surface area (Å²) in [6, 6.07) is 11.6. The van der Waals surface area contributed by atoms with E-state index in [4.69, 9.17) is 21.1 Å². The molecule has 0 spiro atoms. The highest BCUT2D eigenvalue weighted by molar-refractivity contribution is 9.10. The second-order valence-corrected chi connectivity index (χ2v) is 6.66. The van der Waals surface area contributed by atoms with E-state index in [1.54, 1.807) is 55.5 Å². The Kier molecular flexibility index (Phi) is 7.69. The lowest BCUT2D eigenvalue weighted by atomic mass is 10.2. The van der Waals surface area contributed by atoms with Crippen LogP contribution in [0.25, 0.3) is 0 Å². The molecule has 2 aromatic carbocycles. The van der Waals surface area contributed by atoms with Gasteiger partial charge in [-0.05, 0) is 53.2 Å². The SMILES string of the molecule is C=CCOc1ccccc1C(=O)NNC(=O)C(C)Oc1ccc(Cl)cc1Br. The second-order valence-electron chi connectivity index (χ2n) is 5.37. The van der Waals surface area contributed by atoms with Crippen molar-refractivity contribution in [3.8, 4) is 11.5 Å². The van der Waals surface area contributed by atoms with Gasteiger partial charge in [-0.2, -0.15) is 0 Å². The molecule has 2 N–H and O–H groups in total. The van der Waals surface area contributed by atoms with E-state index in [1.807, 2.05) is 0 Å². The van der Waals surface area contributed by atoms with Crippen LogP contribution in [0.5, 0.6) is 11.5 Å². The van der Waals surface area contributed by atoms with Gasteiger partial charge < -0.3 is 9.47 Å². The highest BCUT2D eigenvalue weighted by Crippen LogP contribution is 2.28. The molecule has 0 aliphatic rings. The second kappa shape index (κ2) is 9.99. The van der Waals surface area contributed by atoms with Gasteiger partial charge in [0.25, 0.3) is 11.8 Å². The maximum absolute atomic E-state index is 12.3. The fraction of sp³-hybridized carbons (Fsp3) is 0.158. The minimum Gasteiger partial charge on any atom is -0.489 e. The van der Waals surface area contributed by atoms with E-state index in [2.05, 4.69) is 33.4 Å². The lowest BCUT2D eigenvalue weighted by Crippen LogP contribution is -2.47. The predicted octanol–water partition coefficient (Wildman–Crippen LogP) is 3.90. The zero-order valence-electron chi connectivity index (χ0n) is 14.5. The molecule has 0 heterocycles. The third kappa shape index (κ3) is 6.01. The molecule has 0 fully saturated rings. The average molecular weight is 454 g/mol. The summed E-state index contributed by atoms with van der Waals surface area (Å²) in [5, 5.41) is 0.538. The molecule has 2 aromatic rings. The van der Waals surface area contributed by atoms with Crippen LogP contribution in [-0.2, 0) is 4.79 Å². The molecule has 0 aliphatic carbocycles. The Morgan fingerprint density at radius 1 is 1.22 bits per heavy atom. The van der Waals surface area contributed by atoms with E-state index in [0.29, 0.717) is 21.0 Å². The summed E-state index contributed by atoms with van der Waals surface area (Å²) >= 11 is 9.19. The molecule has 142 valence electrons. The minimum absolute atomic E-state index is 0.261. The first-order chi connectivity index (χ1) is 12.9. The molecule has 1 atom stereocenters. The van der Waals surface area contributed by atoms with Gasteiger partial charge in [0.15, 0.2) is 6.10 Å². The summed E-state index contributed by atoms with van der Waals surface area (Å²) in [7, 11) is 0. The van der Waals surface area contributed by atoms with Crippen molar-refractivity contribution < 1.29 is 19.1 Å². The molecule has 0 aliphatic heterocycles. The molecule has 1 unspecified atom stereocenters. The number of hydrogen-bond acceptors (Lipinski definition) is 4. The van der Waals surface area contributed by atoms with Crippen molar-refractivity contribution in [3.63, 3.8) is 0 Å². The monoisotopic (exact) mass is 452 g/mol. The van der Waals surface area contributed by atoms with E-state index in [0.717, 1.165) is 0 Å². The van der Waals surface area contributed by atoms with Crippen LogP contribution in [0.15, 0.2) is 59.6 Å². The maximum atomic E-state index is 12.3. The molecule has 0 saturated carbocycles. The van der Waals surface area contributed by atoms with Crippen molar-refractivity contribution in [1.29, 1.82) is 0 Å². The normalized spacial score (nSPS) is 11.2. The summed E-state index contributed by atoms with van der Waals surface area (Å²) in [6.07, 6.45) is 0.722. The standard InChI is InChI=1S/C19H18BrClN2O4/c1-3-10-26-16-7-5-4-6-14(16)19(25)23-22-18(24)12(2)27-17-9-8-13(21)11-15(17)20/h3-9,11-12H,1,10H2,2H3,(H,22,24)(H,23,25). The molecule has 0 radical (unpaired) electrons. The van der Waals surface area contributed by atoms with Crippen LogP contribution in [0.2, 0.25) is 5.02 Å². The van der Waals surface area contributed by atoms with Crippen LogP contribution in [0.1, 0.15) is 17.3 Å². The molecule has 27 heavy (non-hydrogen) atoms. The van der Waals surface area contributed by atoms with Gasteiger partial charge in [0.2, 0.25) is 0 Å². The summed E-state index contributed by atoms with van der Waals surface area (Å²) < 4.78 is 11.6. The largest absolute Gasteiger partial charge is 0.489 e. The van der Waals surface area contributed by atoms with Crippen LogP contribution in [0, 0.1) is 0 Å². The number of amides is 2. The summed E-state index contributed by atoms with van der Waals surface area (Å²) in [5.41, 5.74) is 4.97. The number of hydrazine groups is 1. The van der Waals surface area contributed by atoms with Gasteiger partial charge in [-0.15, -0.1) is 0 Å². The van der Waals surface area contributed by atoms with Gasteiger partial charge in [-0.1, -0.05) is 36.4 Å². The van der Waals surface area contributed by atoms with Crippen molar-refractivity contribution in [2.45, 2.75) is 13.0 Å². The van der Waals surface area contributed by atoms with Gasteiger partial charge in [0.05, 0.1) is 10.0 Å². The van der Waals surface area contributed by atoms with Crippen molar-refractivity contribution in [2.24, 2.45) is 0 Å². The topological polar surface area (TPSA) is 76.7 Å². The average Bonchev–Trinajstić information content (AvgIpc) is 2.66. The Bertz CT molecular complexity index is 844. The lowest BCUT2D eigenvalue weighted by Gasteiger charge is -2.16. The van der Waals surface area contributed by atoms with E-state index < -0.39 is 17.9 Å². The van der Waals surface area contributed by atoms with Crippen molar-refractivity contribution in [3.05, 3.63) is 70.2 Å². The first-order valence-corrected chi connectivity index (χ1v) is 9.14. The molecule has 2 amide bonds. The van der Waals surface area contributed by atoms with Crippen LogP contribution < -0.4 is 20.3 Å². The van der Waals surface area contributed by atoms with E-state index >= 15 is 0 Å². The third-order valence-corrected chi connectivity index (χ3v) is 4.21. The van der Waals surface area contributed by atoms with Gasteiger partial charge in [0.1, 0.15) is 18.1 Å². The molecule has 8 heteroatoms. The zero-order chi connectivity index (χ0) is 19.8. The quantitative estimate of drug-likeness (QED) is 0.492. The van der Waals surface area contributed by atoms with Crippen molar-refractivity contribution >= 4 is 39.3 Å². The Morgan fingerprint density at radius 2 is 1.96 bits per heavy atom. The highest BCUT2D eigenvalue weighted by Gasteiger charge is 2.18. The van der Waals surface area contributed by atoms with Gasteiger partial charge in [-0.3, -0.25) is 20.4 Å². The molecule has 0 aromatic heterocycles. The van der Waals surface area contributed by atoms with Gasteiger partial charge in [0, 0.05) is 5.02 Å². The van der Waals surface area contributed by atoms with Crippen molar-refractivity contribution in [2.75, 3.05) is 6.61 Å². The Balaban J connectivity index is 1.94. The molecular formula is C19H18BrClN2O4. The van der Waals surface area contributed by atoms with Crippen LogP contribution in [-0.4, -0.2) is 24.5 Å². The summed E-state index contributed by atoms with van der Waals surface area (Å²) in [5.74, 6) is -0.187. The number of halogens is 2. The Morgan fingerprint density at radius 3 is 2.67 bits per heavy atom. The highest BCUT2D eigenvalue weighted by atomic mass is 79.9. The molecule has 6 nitrogen and oxygen atoms in total. The van der Waals surface area contributed by atoms with Gasteiger partial charge >= 0.3 is 0 Å². The van der Waals surface area contributed by atoms with Gasteiger partial charge in [-0.25, -0.2) is 0 Å². The van der Waals surface area contributed by atoms with E-state index in [1.165, 1.54) is 0 Å². The maximum Gasteiger partial charge on any atom is 0.279 e. The van der Waals surface area contributed by atoms with Crippen LogP contribution in [0.3, 0.4) is 0 Å². The van der Waals surface area contributed by atoms with Crippen LogP contribution in [0.4, 0.5) is 0 Å². The smallest absolute Gasteiger partial charge is 0.279 e. The number of hydrogen-bond donors (Lipinski definition) is 2. The van der Waals surface area contributed by atoms with E-state index in [-0.39, 0.29) is 12.2 Å². The zero-order valence-corrected chi connectivity index (χ0v) is 16.8. The number of carbonyl (C=O) groups is 2. The molecule has 0 bridgehead atoms. The fourth-order valence-electron chi connectivity index (χ4n) is 2.03. The fourth-order valence-corrected chi connectivity index (χ4v) is 2.81. The lowest BCUT2D eigenvalue weighted by molar-refractivity contribution is -0.128. The number of nitrogens with one attached hydrogen (secondary N) is 2. The molecule has 0 saturated heterocycles. The first-order valence-electron chi connectivity index (χ1n) is 7.97. The molecule has 2 rings (SSSR count). The molecular weight excluding hydrogens is 436 g/mol. The number of ether oxygens (including phenoxy) is 2.